The van der Waals surface area contributed by atoms with E-state index >= 15 is 0 Å². The van der Waals surface area contributed by atoms with Gasteiger partial charge < -0.3 is 21.3 Å². The summed E-state index contributed by atoms with van der Waals surface area (Å²) in [6.45, 7) is 1.49. The van der Waals surface area contributed by atoms with Gasteiger partial charge in [0.1, 0.15) is 6.10 Å². The van der Waals surface area contributed by atoms with Crippen molar-refractivity contribution in [3.8, 4) is 0 Å². The SMILES string of the molecule is C[C@H](O)[C@H](O)[C@H]1CNc2nc(N)[nH]c(=O)c2N1C(=O)c1cccnc1. The molecule has 6 N–H and O–H groups in total. The maximum absolute atomic E-state index is 13.0. The average Bonchev–Trinajstić information content (AvgIpc) is 2.60. The monoisotopic (exact) mass is 346 g/mol. The Balaban J connectivity index is 2.14. The lowest BCUT2D eigenvalue weighted by Gasteiger charge is -2.39. The molecule has 0 unspecified atom stereocenters. The summed E-state index contributed by atoms with van der Waals surface area (Å²) in [5.74, 6) is -0.510. The minimum atomic E-state index is -1.28. The third-order valence-corrected chi connectivity index (χ3v) is 3.98. The molecule has 132 valence electrons. The van der Waals surface area contributed by atoms with Gasteiger partial charge in [-0.3, -0.25) is 24.5 Å². The highest BCUT2D eigenvalue weighted by Gasteiger charge is 2.40. The Bertz CT molecular complexity index is 838. The number of anilines is 3. The van der Waals surface area contributed by atoms with Crippen molar-refractivity contribution in [1.29, 1.82) is 0 Å². The van der Waals surface area contributed by atoms with Crippen LogP contribution in [0.4, 0.5) is 17.5 Å². The van der Waals surface area contributed by atoms with Gasteiger partial charge in [0.15, 0.2) is 11.5 Å². The Labute approximate surface area is 142 Å². The maximum Gasteiger partial charge on any atom is 0.278 e. The van der Waals surface area contributed by atoms with Crippen LogP contribution in [0.3, 0.4) is 0 Å². The van der Waals surface area contributed by atoms with Gasteiger partial charge in [-0.1, -0.05) is 0 Å². The number of rotatable bonds is 3. The number of aliphatic hydroxyl groups excluding tert-OH is 2. The Kier molecular flexibility index (Phi) is 4.38. The standard InChI is InChI=1S/C15H18N6O4/c1-7(22)11(23)9-6-18-12-10(13(24)20-15(16)19-12)21(9)14(25)8-3-2-4-17-5-8/h2-5,7,9,11,22-23H,6H2,1H3,(H4,16,18,19,20,24)/t7-,9+,11-/m0/s1. The molecule has 3 atom stereocenters. The fourth-order valence-electron chi connectivity index (χ4n) is 2.76. The van der Waals surface area contributed by atoms with E-state index in [4.69, 9.17) is 5.73 Å². The summed E-state index contributed by atoms with van der Waals surface area (Å²) in [7, 11) is 0. The maximum atomic E-state index is 13.0. The quantitative estimate of drug-likeness (QED) is 0.470. The van der Waals surface area contributed by atoms with E-state index in [1.165, 1.54) is 19.3 Å². The summed E-state index contributed by atoms with van der Waals surface area (Å²) in [5.41, 5.74) is 5.08. The summed E-state index contributed by atoms with van der Waals surface area (Å²) < 4.78 is 0. The van der Waals surface area contributed by atoms with Gasteiger partial charge in [-0.25, -0.2) is 0 Å². The third kappa shape index (κ3) is 3.04. The van der Waals surface area contributed by atoms with Crippen LogP contribution in [0.15, 0.2) is 29.3 Å². The molecule has 2 aromatic rings. The van der Waals surface area contributed by atoms with Crippen LogP contribution in [-0.4, -0.2) is 55.9 Å². The molecule has 1 aliphatic heterocycles. The zero-order valence-electron chi connectivity index (χ0n) is 13.4. The van der Waals surface area contributed by atoms with Gasteiger partial charge in [0, 0.05) is 18.9 Å². The van der Waals surface area contributed by atoms with Crippen LogP contribution in [0.5, 0.6) is 0 Å². The minimum absolute atomic E-state index is 0.0704. The van der Waals surface area contributed by atoms with Crippen LogP contribution in [0.25, 0.3) is 0 Å². The summed E-state index contributed by atoms with van der Waals surface area (Å²) in [6.07, 6.45) is 0.477. The zero-order valence-corrected chi connectivity index (χ0v) is 13.4. The number of nitrogens with one attached hydrogen (secondary N) is 2. The van der Waals surface area contributed by atoms with E-state index in [1.807, 2.05) is 0 Å². The van der Waals surface area contributed by atoms with Crippen LogP contribution in [0.2, 0.25) is 0 Å². The molecular formula is C15H18N6O4. The van der Waals surface area contributed by atoms with Crippen molar-refractivity contribution in [2.24, 2.45) is 0 Å². The van der Waals surface area contributed by atoms with Gasteiger partial charge in [-0.05, 0) is 19.1 Å². The number of fused-ring (bicyclic) bond motifs is 1. The van der Waals surface area contributed by atoms with Crippen molar-refractivity contribution in [3.05, 3.63) is 40.4 Å². The Morgan fingerprint density at radius 2 is 2.24 bits per heavy atom. The molecule has 0 fully saturated rings. The zero-order chi connectivity index (χ0) is 18.1. The first kappa shape index (κ1) is 16.9. The van der Waals surface area contributed by atoms with Gasteiger partial charge in [0.05, 0.1) is 17.7 Å². The summed E-state index contributed by atoms with van der Waals surface area (Å²) in [6, 6.07) is 2.25. The molecule has 0 radical (unpaired) electrons. The van der Waals surface area contributed by atoms with Crippen molar-refractivity contribution < 1.29 is 15.0 Å². The number of aliphatic hydroxyl groups is 2. The van der Waals surface area contributed by atoms with Crippen molar-refractivity contribution in [2.75, 3.05) is 22.5 Å². The second kappa shape index (κ2) is 6.49. The van der Waals surface area contributed by atoms with Gasteiger partial charge >= 0.3 is 0 Å². The van der Waals surface area contributed by atoms with E-state index in [0.717, 1.165) is 4.90 Å². The van der Waals surface area contributed by atoms with Gasteiger partial charge in [-0.15, -0.1) is 0 Å². The largest absolute Gasteiger partial charge is 0.391 e. The van der Waals surface area contributed by atoms with E-state index in [1.54, 1.807) is 12.1 Å². The first-order valence-electron chi connectivity index (χ1n) is 7.63. The molecule has 1 amide bonds. The molecule has 10 nitrogen and oxygen atoms in total. The highest BCUT2D eigenvalue weighted by Crippen LogP contribution is 2.29. The molecule has 25 heavy (non-hydrogen) atoms. The number of amides is 1. The van der Waals surface area contributed by atoms with Crippen molar-refractivity contribution in [3.63, 3.8) is 0 Å². The summed E-state index contributed by atoms with van der Waals surface area (Å²) in [5, 5.41) is 23.0. The molecule has 1 aliphatic rings. The van der Waals surface area contributed by atoms with Crippen molar-refractivity contribution in [1.82, 2.24) is 15.0 Å². The fraction of sp³-hybridized carbons (Fsp3) is 0.333. The molecule has 0 spiro atoms. The van der Waals surface area contributed by atoms with E-state index in [9.17, 15) is 19.8 Å². The number of aromatic nitrogens is 3. The Morgan fingerprint density at radius 3 is 2.88 bits per heavy atom. The number of pyridine rings is 1. The molecule has 0 aromatic carbocycles. The predicted molar refractivity (Wildman–Crippen MR) is 90.3 cm³/mol. The average molecular weight is 346 g/mol. The third-order valence-electron chi connectivity index (χ3n) is 3.98. The minimum Gasteiger partial charge on any atom is -0.391 e. The number of nitrogens with zero attached hydrogens (tertiary/aromatic N) is 3. The summed E-state index contributed by atoms with van der Waals surface area (Å²) in [4.78, 5) is 36.8. The summed E-state index contributed by atoms with van der Waals surface area (Å²) >= 11 is 0. The number of hydrogen-bond acceptors (Lipinski definition) is 8. The number of carbonyl (C=O) groups is 1. The first-order chi connectivity index (χ1) is 11.9. The number of carbonyl (C=O) groups excluding carboxylic acids is 1. The normalized spacial score (nSPS) is 18.8. The van der Waals surface area contributed by atoms with E-state index in [2.05, 4.69) is 20.3 Å². The molecule has 0 saturated carbocycles. The van der Waals surface area contributed by atoms with Crippen LogP contribution >= 0.6 is 0 Å². The molecule has 10 heteroatoms. The fourth-order valence-corrected chi connectivity index (χ4v) is 2.76. The van der Waals surface area contributed by atoms with Gasteiger partial charge in [-0.2, -0.15) is 4.98 Å². The molecule has 3 heterocycles. The number of aromatic amines is 1. The number of nitrogens with two attached hydrogens (primary N) is 1. The van der Waals surface area contributed by atoms with Crippen LogP contribution in [0, 0.1) is 0 Å². The smallest absolute Gasteiger partial charge is 0.278 e. The lowest BCUT2D eigenvalue weighted by molar-refractivity contribution is 0.0152. The second-order valence-electron chi connectivity index (χ2n) is 5.74. The second-order valence-corrected chi connectivity index (χ2v) is 5.74. The highest BCUT2D eigenvalue weighted by molar-refractivity contribution is 6.08. The lowest BCUT2D eigenvalue weighted by Crippen LogP contribution is -2.58. The number of hydrogen-bond donors (Lipinski definition) is 5. The molecule has 0 saturated heterocycles. The van der Waals surface area contributed by atoms with Crippen LogP contribution in [0.1, 0.15) is 17.3 Å². The molecular weight excluding hydrogens is 328 g/mol. The molecule has 0 bridgehead atoms. The highest BCUT2D eigenvalue weighted by atomic mass is 16.3. The molecule has 3 rings (SSSR count). The Morgan fingerprint density at radius 1 is 1.48 bits per heavy atom. The Hall–Kier alpha value is -2.98. The van der Waals surface area contributed by atoms with E-state index in [0.29, 0.717) is 0 Å². The molecule has 2 aromatic heterocycles. The number of nitrogen functional groups attached to an aromatic ring is 1. The topological polar surface area (TPSA) is 157 Å². The van der Waals surface area contributed by atoms with Crippen LogP contribution < -0.4 is 21.5 Å². The van der Waals surface area contributed by atoms with Crippen molar-refractivity contribution in [2.45, 2.75) is 25.2 Å². The van der Waals surface area contributed by atoms with E-state index in [-0.39, 0.29) is 29.6 Å². The number of H-pyrrole nitrogens is 1. The molecule has 0 aliphatic carbocycles. The van der Waals surface area contributed by atoms with Gasteiger partial charge in [0.2, 0.25) is 5.95 Å². The van der Waals surface area contributed by atoms with Gasteiger partial charge in [0.25, 0.3) is 11.5 Å². The van der Waals surface area contributed by atoms with Crippen LogP contribution in [-0.2, 0) is 0 Å². The van der Waals surface area contributed by atoms with Crippen molar-refractivity contribution >= 4 is 23.4 Å². The van der Waals surface area contributed by atoms with E-state index < -0.39 is 29.7 Å². The lowest BCUT2D eigenvalue weighted by atomic mass is 10.0. The predicted octanol–water partition coefficient (Wildman–Crippen LogP) is -1.07. The first-order valence-corrected chi connectivity index (χ1v) is 7.63.